The molecule has 5 heteroatoms. The van der Waals surface area contributed by atoms with E-state index < -0.39 is 12.0 Å². The van der Waals surface area contributed by atoms with E-state index in [1.54, 1.807) is 18.3 Å². The molecule has 2 rings (SSSR count). The van der Waals surface area contributed by atoms with Gasteiger partial charge in [-0.2, -0.15) is 0 Å². The lowest BCUT2D eigenvalue weighted by Crippen LogP contribution is -2.35. The number of thiazole rings is 1. The van der Waals surface area contributed by atoms with Crippen LogP contribution in [0.5, 0.6) is 0 Å². The van der Waals surface area contributed by atoms with Crippen molar-refractivity contribution in [3.05, 3.63) is 40.9 Å². The van der Waals surface area contributed by atoms with Crippen LogP contribution in [0.25, 0.3) is 10.6 Å². The molecule has 1 aromatic heterocycles. The highest BCUT2D eigenvalue weighted by Crippen LogP contribution is 2.27. The van der Waals surface area contributed by atoms with E-state index in [-0.39, 0.29) is 0 Å². The Morgan fingerprint density at radius 3 is 2.45 bits per heavy atom. The van der Waals surface area contributed by atoms with E-state index in [0.717, 1.165) is 15.4 Å². The van der Waals surface area contributed by atoms with E-state index in [1.807, 2.05) is 18.1 Å². The maximum atomic E-state index is 11.0. The monoisotopic (exact) mass is 318 g/mol. The zero-order valence-corrected chi connectivity index (χ0v) is 14.2. The molecule has 118 valence electrons. The molecule has 0 radical (unpaired) electrons. The summed E-state index contributed by atoms with van der Waals surface area (Å²) < 4.78 is 0. The second-order valence-electron chi connectivity index (χ2n) is 5.84. The Morgan fingerprint density at radius 2 is 1.91 bits per heavy atom. The summed E-state index contributed by atoms with van der Waals surface area (Å²) in [4.78, 5) is 18.3. The number of benzene rings is 1. The summed E-state index contributed by atoms with van der Waals surface area (Å²) in [5.74, 6) is -0.288. The van der Waals surface area contributed by atoms with Crippen molar-refractivity contribution in [3.63, 3.8) is 0 Å². The van der Waals surface area contributed by atoms with Gasteiger partial charge in [0, 0.05) is 23.2 Å². The van der Waals surface area contributed by atoms with Crippen molar-refractivity contribution < 1.29 is 9.90 Å². The standard InChI is InChI=1S/C17H22N2O2S/c1-11(2)13-5-7-14(8-6-13)16-18-9-15(22-16)10-19(4)12(3)17(20)21/h5-9,11-12H,10H2,1-4H3,(H,20,21). The van der Waals surface area contributed by atoms with Gasteiger partial charge >= 0.3 is 5.97 Å². The van der Waals surface area contributed by atoms with Crippen molar-refractivity contribution >= 4 is 17.3 Å². The van der Waals surface area contributed by atoms with E-state index >= 15 is 0 Å². The Hall–Kier alpha value is -1.72. The highest BCUT2D eigenvalue weighted by molar-refractivity contribution is 7.15. The first-order valence-electron chi connectivity index (χ1n) is 7.36. The van der Waals surface area contributed by atoms with Crippen LogP contribution in [0, 0.1) is 0 Å². The lowest BCUT2D eigenvalue weighted by molar-refractivity contribution is -0.142. The topological polar surface area (TPSA) is 53.4 Å². The van der Waals surface area contributed by atoms with Gasteiger partial charge in [0.25, 0.3) is 0 Å². The molecule has 1 N–H and O–H groups in total. The number of carboxylic acid groups (broad SMARTS) is 1. The molecule has 4 nitrogen and oxygen atoms in total. The Balaban J connectivity index is 2.09. The number of nitrogens with zero attached hydrogens (tertiary/aromatic N) is 2. The number of likely N-dealkylation sites (N-methyl/N-ethyl adjacent to an activating group) is 1. The van der Waals surface area contributed by atoms with Gasteiger partial charge < -0.3 is 5.11 Å². The lowest BCUT2D eigenvalue weighted by atomic mass is 10.0. The molecule has 1 unspecified atom stereocenters. The molecule has 0 spiro atoms. The molecular weight excluding hydrogens is 296 g/mol. The second-order valence-corrected chi connectivity index (χ2v) is 6.95. The van der Waals surface area contributed by atoms with Crippen molar-refractivity contribution in [1.29, 1.82) is 0 Å². The summed E-state index contributed by atoms with van der Waals surface area (Å²) in [6.07, 6.45) is 1.83. The number of hydrogen-bond donors (Lipinski definition) is 1. The zero-order valence-electron chi connectivity index (χ0n) is 13.4. The fourth-order valence-corrected chi connectivity index (χ4v) is 3.08. The van der Waals surface area contributed by atoms with E-state index in [1.165, 1.54) is 5.56 Å². The summed E-state index contributed by atoms with van der Waals surface area (Å²) in [6.45, 7) is 6.63. The molecule has 1 atom stereocenters. The molecule has 0 saturated carbocycles. The minimum absolute atomic E-state index is 0.504. The smallest absolute Gasteiger partial charge is 0.320 e. The highest BCUT2D eigenvalue weighted by atomic mass is 32.1. The molecule has 0 fully saturated rings. The van der Waals surface area contributed by atoms with Crippen LogP contribution in [0.2, 0.25) is 0 Å². The van der Waals surface area contributed by atoms with Crippen LogP contribution >= 0.6 is 11.3 Å². The lowest BCUT2D eigenvalue weighted by Gasteiger charge is -2.19. The van der Waals surface area contributed by atoms with Gasteiger partial charge in [0.15, 0.2) is 0 Å². The molecule has 0 aliphatic heterocycles. The molecule has 0 aliphatic rings. The largest absolute Gasteiger partial charge is 0.480 e. The number of rotatable bonds is 6. The number of carboxylic acids is 1. The first-order chi connectivity index (χ1) is 10.4. The van der Waals surface area contributed by atoms with E-state index in [4.69, 9.17) is 5.11 Å². The SMILES string of the molecule is CC(C)c1ccc(-c2ncc(CN(C)C(C)C(=O)O)s2)cc1. The van der Waals surface area contributed by atoms with Crippen LogP contribution in [-0.2, 0) is 11.3 Å². The average Bonchev–Trinajstić information content (AvgIpc) is 2.94. The third kappa shape index (κ3) is 3.93. The fourth-order valence-electron chi connectivity index (χ4n) is 2.10. The molecule has 2 aromatic rings. The maximum absolute atomic E-state index is 11.0. The van der Waals surface area contributed by atoms with Crippen molar-refractivity contribution in [1.82, 2.24) is 9.88 Å². The molecule has 0 saturated heterocycles. The summed E-state index contributed by atoms with van der Waals surface area (Å²) in [6, 6.07) is 7.97. The molecule has 0 aliphatic carbocycles. The van der Waals surface area contributed by atoms with Crippen LogP contribution in [0.15, 0.2) is 30.5 Å². The fraction of sp³-hybridized carbons (Fsp3) is 0.412. The number of carbonyl (C=O) groups is 1. The van der Waals surface area contributed by atoms with Crippen molar-refractivity contribution in [3.8, 4) is 10.6 Å². The van der Waals surface area contributed by atoms with Gasteiger partial charge in [0.2, 0.25) is 0 Å². The van der Waals surface area contributed by atoms with Gasteiger partial charge in [0.05, 0.1) is 0 Å². The average molecular weight is 318 g/mol. The molecular formula is C17H22N2O2S. The number of aromatic nitrogens is 1. The summed E-state index contributed by atoms with van der Waals surface area (Å²) in [5, 5.41) is 10.0. The van der Waals surface area contributed by atoms with Crippen LogP contribution in [0.1, 0.15) is 37.1 Å². The quantitative estimate of drug-likeness (QED) is 0.879. The van der Waals surface area contributed by atoms with Crippen molar-refractivity contribution in [2.45, 2.75) is 39.3 Å². The zero-order chi connectivity index (χ0) is 16.3. The van der Waals surface area contributed by atoms with Crippen molar-refractivity contribution in [2.75, 3.05) is 7.05 Å². The molecule has 22 heavy (non-hydrogen) atoms. The third-order valence-corrected chi connectivity index (χ3v) is 4.83. The van der Waals surface area contributed by atoms with Crippen LogP contribution in [0.3, 0.4) is 0 Å². The normalized spacial score (nSPS) is 12.8. The summed E-state index contributed by atoms with van der Waals surface area (Å²) in [5.41, 5.74) is 2.42. The van der Waals surface area contributed by atoms with Gasteiger partial charge in [-0.25, -0.2) is 4.98 Å². The first kappa shape index (κ1) is 16.6. The summed E-state index contributed by atoms with van der Waals surface area (Å²) >= 11 is 1.61. The van der Waals surface area contributed by atoms with Gasteiger partial charge in [-0.3, -0.25) is 9.69 Å². The minimum atomic E-state index is -0.809. The Bertz CT molecular complexity index is 634. The second kappa shape index (κ2) is 7.03. The van der Waals surface area contributed by atoms with Gasteiger partial charge in [-0.1, -0.05) is 38.1 Å². The van der Waals surface area contributed by atoms with E-state index in [0.29, 0.717) is 12.5 Å². The molecule has 1 aromatic carbocycles. The highest BCUT2D eigenvalue weighted by Gasteiger charge is 2.17. The van der Waals surface area contributed by atoms with Crippen LogP contribution in [0.4, 0.5) is 0 Å². The Labute approximate surface area is 135 Å². The van der Waals surface area contributed by atoms with Gasteiger partial charge in [-0.15, -0.1) is 11.3 Å². The maximum Gasteiger partial charge on any atom is 0.320 e. The third-order valence-electron chi connectivity index (χ3n) is 3.80. The van der Waals surface area contributed by atoms with E-state index in [2.05, 4.69) is 43.1 Å². The Morgan fingerprint density at radius 1 is 1.27 bits per heavy atom. The first-order valence-corrected chi connectivity index (χ1v) is 8.18. The minimum Gasteiger partial charge on any atom is -0.480 e. The Kier molecular flexibility index (Phi) is 5.32. The number of aliphatic carboxylic acids is 1. The predicted octanol–water partition coefficient (Wildman–Crippen LogP) is 3.84. The molecule has 0 bridgehead atoms. The molecule has 0 amide bonds. The predicted molar refractivity (Wildman–Crippen MR) is 90.2 cm³/mol. The number of hydrogen-bond acceptors (Lipinski definition) is 4. The molecule has 1 heterocycles. The van der Waals surface area contributed by atoms with E-state index in [9.17, 15) is 4.79 Å². The van der Waals surface area contributed by atoms with Gasteiger partial charge in [-0.05, 0) is 25.5 Å². The summed E-state index contributed by atoms with van der Waals surface area (Å²) in [7, 11) is 1.82. The van der Waals surface area contributed by atoms with Crippen molar-refractivity contribution in [2.24, 2.45) is 0 Å². The van der Waals surface area contributed by atoms with Gasteiger partial charge in [0.1, 0.15) is 11.0 Å². The van der Waals surface area contributed by atoms with Crippen LogP contribution in [-0.4, -0.2) is 34.0 Å². The van der Waals surface area contributed by atoms with Crippen LogP contribution < -0.4 is 0 Å².